The predicted molar refractivity (Wildman–Crippen MR) is 59.9 cm³/mol. The van der Waals surface area contributed by atoms with E-state index in [-0.39, 0.29) is 18.4 Å². The standard InChI is InChI=1S/C11H20N2O3/c1-13(8-11(15)16-2)10(14)6-9-4-3-5-12-7-9/h9,12H,3-8H2,1-2H3. The van der Waals surface area contributed by atoms with Gasteiger partial charge < -0.3 is 15.0 Å². The topological polar surface area (TPSA) is 58.6 Å². The molecular weight excluding hydrogens is 208 g/mol. The molecule has 0 aromatic heterocycles. The maximum atomic E-state index is 11.8. The van der Waals surface area contributed by atoms with Crippen LogP contribution in [0, 0.1) is 5.92 Å². The second kappa shape index (κ2) is 6.48. The molecule has 92 valence electrons. The SMILES string of the molecule is COC(=O)CN(C)C(=O)CC1CCCNC1. The summed E-state index contributed by atoms with van der Waals surface area (Å²) in [6.45, 7) is 1.98. The summed E-state index contributed by atoms with van der Waals surface area (Å²) >= 11 is 0. The molecule has 0 aromatic rings. The first kappa shape index (κ1) is 13.0. The third-order valence-electron chi connectivity index (χ3n) is 2.88. The van der Waals surface area contributed by atoms with E-state index in [1.807, 2.05) is 0 Å². The van der Waals surface area contributed by atoms with E-state index < -0.39 is 0 Å². The molecule has 1 rings (SSSR count). The van der Waals surface area contributed by atoms with Gasteiger partial charge in [0.25, 0.3) is 0 Å². The minimum atomic E-state index is -0.377. The smallest absolute Gasteiger partial charge is 0.325 e. The van der Waals surface area contributed by atoms with E-state index in [9.17, 15) is 9.59 Å². The number of piperidine rings is 1. The Morgan fingerprint density at radius 1 is 1.50 bits per heavy atom. The Balaban J connectivity index is 2.29. The van der Waals surface area contributed by atoms with E-state index in [2.05, 4.69) is 10.1 Å². The van der Waals surface area contributed by atoms with Crippen LogP contribution in [0.3, 0.4) is 0 Å². The van der Waals surface area contributed by atoms with Gasteiger partial charge in [0.05, 0.1) is 7.11 Å². The number of nitrogens with one attached hydrogen (secondary N) is 1. The number of hydrogen-bond acceptors (Lipinski definition) is 4. The van der Waals surface area contributed by atoms with Crippen LogP contribution in [-0.4, -0.2) is 50.6 Å². The van der Waals surface area contributed by atoms with E-state index in [0.717, 1.165) is 25.9 Å². The van der Waals surface area contributed by atoms with E-state index >= 15 is 0 Å². The molecule has 5 nitrogen and oxygen atoms in total. The normalized spacial score (nSPS) is 20.2. The fourth-order valence-corrected chi connectivity index (χ4v) is 1.85. The van der Waals surface area contributed by atoms with Crippen molar-refractivity contribution in [2.24, 2.45) is 5.92 Å². The molecule has 16 heavy (non-hydrogen) atoms. The number of rotatable bonds is 4. The van der Waals surface area contributed by atoms with Gasteiger partial charge in [0.15, 0.2) is 0 Å². The molecule has 1 saturated heterocycles. The lowest BCUT2D eigenvalue weighted by atomic mass is 9.96. The highest BCUT2D eigenvalue weighted by molar-refractivity contribution is 5.81. The number of esters is 1. The van der Waals surface area contributed by atoms with Crippen molar-refractivity contribution in [3.05, 3.63) is 0 Å². The highest BCUT2D eigenvalue weighted by Crippen LogP contribution is 2.14. The molecular formula is C11H20N2O3. The number of amides is 1. The monoisotopic (exact) mass is 228 g/mol. The fraction of sp³-hybridized carbons (Fsp3) is 0.818. The van der Waals surface area contributed by atoms with Gasteiger partial charge in [0.1, 0.15) is 6.54 Å². The minimum Gasteiger partial charge on any atom is -0.468 e. The zero-order valence-electron chi connectivity index (χ0n) is 9.99. The van der Waals surface area contributed by atoms with Gasteiger partial charge in [-0.1, -0.05) is 0 Å². The van der Waals surface area contributed by atoms with Crippen LogP contribution in [0.25, 0.3) is 0 Å². The molecule has 0 aliphatic carbocycles. The van der Waals surface area contributed by atoms with Crippen molar-refractivity contribution in [1.82, 2.24) is 10.2 Å². The summed E-state index contributed by atoms with van der Waals surface area (Å²) in [7, 11) is 2.96. The van der Waals surface area contributed by atoms with Crippen LogP contribution in [0.15, 0.2) is 0 Å². The van der Waals surface area contributed by atoms with Crippen LogP contribution in [-0.2, 0) is 14.3 Å². The summed E-state index contributed by atoms with van der Waals surface area (Å²) in [4.78, 5) is 24.2. The molecule has 1 amide bonds. The Morgan fingerprint density at radius 3 is 2.81 bits per heavy atom. The van der Waals surface area contributed by atoms with Gasteiger partial charge >= 0.3 is 5.97 Å². The average molecular weight is 228 g/mol. The van der Waals surface area contributed by atoms with Crippen molar-refractivity contribution >= 4 is 11.9 Å². The first-order valence-corrected chi connectivity index (χ1v) is 5.65. The van der Waals surface area contributed by atoms with E-state index in [0.29, 0.717) is 12.3 Å². The van der Waals surface area contributed by atoms with Crippen LogP contribution in [0.4, 0.5) is 0 Å². The van der Waals surface area contributed by atoms with E-state index in [1.54, 1.807) is 7.05 Å². The van der Waals surface area contributed by atoms with Gasteiger partial charge in [0, 0.05) is 13.5 Å². The molecule has 1 atom stereocenters. The Hall–Kier alpha value is -1.10. The third kappa shape index (κ3) is 4.18. The first-order chi connectivity index (χ1) is 7.63. The predicted octanol–water partition coefficient (Wildman–Crippen LogP) is 0.00750. The lowest BCUT2D eigenvalue weighted by molar-refractivity contribution is -0.146. The van der Waals surface area contributed by atoms with Gasteiger partial charge in [-0.3, -0.25) is 9.59 Å². The summed E-state index contributed by atoms with van der Waals surface area (Å²) < 4.78 is 4.52. The fourth-order valence-electron chi connectivity index (χ4n) is 1.85. The summed E-state index contributed by atoms with van der Waals surface area (Å²) in [6, 6.07) is 0. The van der Waals surface area contributed by atoms with Gasteiger partial charge in [-0.05, 0) is 31.8 Å². The summed E-state index contributed by atoms with van der Waals surface area (Å²) in [5.41, 5.74) is 0. The van der Waals surface area contributed by atoms with Gasteiger partial charge in [-0.15, -0.1) is 0 Å². The number of ether oxygens (including phenoxy) is 1. The number of nitrogens with zero attached hydrogens (tertiary/aromatic N) is 1. The van der Waals surface area contributed by atoms with Crippen molar-refractivity contribution in [3.63, 3.8) is 0 Å². The van der Waals surface area contributed by atoms with E-state index in [4.69, 9.17) is 0 Å². The van der Waals surface area contributed by atoms with Crippen LogP contribution in [0.5, 0.6) is 0 Å². The maximum absolute atomic E-state index is 11.8. The lowest BCUT2D eigenvalue weighted by Gasteiger charge is -2.24. The Morgan fingerprint density at radius 2 is 2.25 bits per heavy atom. The summed E-state index contributed by atoms with van der Waals surface area (Å²) in [5, 5.41) is 3.27. The number of hydrogen-bond donors (Lipinski definition) is 1. The van der Waals surface area contributed by atoms with Crippen molar-refractivity contribution in [2.75, 3.05) is 33.8 Å². The molecule has 0 spiro atoms. The molecule has 1 N–H and O–H groups in total. The quantitative estimate of drug-likeness (QED) is 0.688. The van der Waals surface area contributed by atoms with Gasteiger partial charge in [-0.2, -0.15) is 0 Å². The second-order valence-electron chi connectivity index (χ2n) is 4.24. The summed E-state index contributed by atoms with van der Waals surface area (Å²) in [5.74, 6) is 0.0399. The zero-order chi connectivity index (χ0) is 12.0. The molecule has 0 radical (unpaired) electrons. The van der Waals surface area contributed by atoms with Crippen LogP contribution in [0.1, 0.15) is 19.3 Å². The van der Waals surface area contributed by atoms with Crippen LogP contribution >= 0.6 is 0 Å². The zero-order valence-corrected chi connectivity index (χ0v) is 9.99. The van der Waals surface area contributed by atoms with Crippen LogP contribution in [0.2, 0.25) is 0 Å². The molecule has 0 aromatic carbocycles. The number of methoxy groups -OCH3 is 1. The summed E-state index contributed by atoms with van der Waals surface area (Å²) in [6.07, 6.45) is 2.73. The Bertz CT molecular complexity index is 250. The second-order valence-corrected chi connectivity index (χ2v) is 4.24. The largest absolute Gasteiger partial charge is 0.468 e. The molecule has 1 aliphatic heterocycles. The number of carbonyl (C=O) groups excluding carboxylic acids is 2. The highest BCUT2D eigenvalue weighted by Gasteiger charge is 2.20. The van der Waals surface area contributed by atoms with Crippen molar-refractivity contribution in [2.45, 2.75) is 19.3 Å². The molecule has 1 unspecified atom stereocenters. The minimum absolute atomic E-state index is 0.0131. The van der Waals surface area contributed by atoms with Gasteiger partial charge in [0.2, 0.25) is 5.91 Å². The number of carbonyl (C=O) groups is 2. The van der Waals surface area contributed by atoms with E-state index in [1.165, 1.54) is 12.0 Å². The molecule has 0 bridgehead atoms. The molecule has 1 aliphatic rings. The van der Waals surface area contributed by atoms with Crippen molar-refractivity contribution < 1.29 is 14.3 Å². The lowest BCUT2D eigenvalue weighted by Crippen LogP contribution is -2.37. The first-order valence-electron chi connectivity index (χ1n) is 5.65. The molecule has 1 heterocycles. The van der Waals surface area contributed by atoms with Crippen molar-refractivity contribution in [1.29, 1.82) is 0 Å². The Kier molecular flexibility index (Phi) is 5.25. The van der Waals surface area contributed by atoms with Crippen molar-refractivity contribution in [3.8, 4) is 0 Å². The number of likely N-dealkylation sites (N-methyl/N-ethyl adjacent to an activating group) is 1. The van der Waals surface area contributed by atoms with Crippen LogP contribution < -0.4 is 5.32 Å². The van der Waals surface area contributed by atoms with Gasteiger partial charge in [-0.25, -0.2) is 0 Å². The average Bonchev–Trinajstić information content (AvgIpc) is 2.30. The maximum Gasteiger partial charge on any atom is 0.325 e. The molecule has 5 heteroatoms. The highest BCUT2D eigenvalue weighted by atomic mass is 16.5. The molecule has 1 fully saturated rings. The Labute approximate surface area is 96.1 Å². The third-order valence-corrected chi connectivity index (χ3v) is 2.88. The molecule has 0 saturated carbocycles.